The lowest BCUT2D eigenvalue weighted by Gasteiger charge is -2.47. The van der Waals surface area contributed by atoms with Gasteiger partial charge in [0.15, 0.2) is 0 Å². The number of methoxy groups -OCH3 is 1. The van der Waals surface area contributed by atoms with E-state index in [1.807, 2.05) is 66.7 Å². The van der Waals surface area contributed by atoms with E-state index in [4.69, 9.17) is 9.47 Å². The van der Waals surface area contributed by atoms with Crippen LogP contribution in [0.1, 0.15) is 19.4 Å². The lowest BCUT2D eigenvalue weighted by Crippen LogP contribution is -2.64. The van der Waals surface area contributed by atoms with Crippen molar-refractivity contribution in [2.24, 2.45) is 5.92 Å². The summed E-state index contributed by atoms with van der Waals surface area (Å²) in [5, 5.41) is 0. The second kappa shape index (κ2) is 8.08. The van der Waals surface area contributed by atoms with E-state index in [-0.39, 0.29) is 17.9 Å². The molecule has 3 atom stereocenters. The number of ether oxygens (including phenoxy) is 2. The molecule has 0 bridgehead atoms. The van der Waals surface area contributed by atoms with Crippen molar-refractivity contribution in [3.8, 4) is 5.75 Å². The fourth-order valence-corrected chi connectivity index (χ4v) is 3.37. The molecule has 3 rings (SSSR count). The second-order valence-corrected chi connectivity index (χ2v) is 6.51. The van der Waals surface area contributed by atoms with Crippen LogP contribution in [0.2, 0.25) is 0 Å². The van der Waals surface area contributed by atoms with Gasteiger partial charge in [0.25, 0.3) is 0 Å². The predicted octanol–water partition coefficient (Wildman–Crippen LogP) is 3.69. The van der Waals surface area contributed by atoms with E-state index >= 15 is 0 Å². The van der Waals surface area contributed by atoms with Crippen molar-refractivity contribution in [1.82, 2.24) is 0 Å². The van der Waals surface area contributed by atoms with Crippen molar-refractivity contribution in [2.75, 3.05) is 12.0 Å². The van der Waals surface area contributed by atoms with Crippen LogP contribution in [-0.2, 0) is 14.3 Å². The van der Waals surface area contributed by atoms with Crippen molar-refractivity contribution >= 4 is 23.6 Å². The average molecular weight is 365 g/mol. The van der Waals surface area contributed by atoms with E-state index in [1.54, 1.807) is 18.9 Å². The molecule has 5 nitrogen and oxygen atoms in total. The third kappa shape index (κ3) is 4.03. The smallest absolute Gasteiger partial charge is 0.302 e. The van der Waals surface area contributed by atoms with Crippen LogP contribution in [0.15, 0.2) is 60.7 Å². The van der Waals surface area contributed by atoms with Gasteiger partial charge >= 0.3 is 5.97 Å². The molecule has 0 aromatic heterocycles. The van der Waals surface area contributed by atoms with Crippen molar-refractivity contribution in [1.29, 1.82) is 0 Å². The lowest BCUT2D eigenvalue weighted by atomic mass is 9.82. The Bertz CT molecular complexity index is 829. The number of amides is 1. The monoisotopic (exact) mass is 365 g/mol. The predicted molar refractivity (Wildman–Crippen MR) is 104 cm³/mol. The second-order valence-electron chi connectivity index (χ2n) is 6.51. The van der Waals surface area contributed by atoms with Crippen molar-refractivity contribution in [3.63, 3.8) is 0 Å². The van der Waals surface area contributed by atoms with Crippen LogP contribution in [0.5, 0.6) is 5.75 Å². The number of hydrogen-bond donors (Lipinski definition) is 0. The first-order valence-electron chi connectivity index (χ1n) is 8.89. The summed E-state index contributed by atoms with van der Waals surface area (Å²) >= 11 is 0. The molecule has 5 heteroatoms. The van der Waals surface area contributed by atoms with Gasteiger partial charge in [0.1, 0.15) is 11.9 Å². The minimum Gasteiger partial charge on any atom is -0.497 e. The van der Waals surface area contributed by atoms with E-state index in [2.05, 4.69) is 0 Å². The van der Waals surface area contributed by atoms with Gasteiger partial charge < -0.3 is 14.4 Å². The van der Waals surface area contributed by atoms with Crippen molar-refractivity contribution in [2.45, 2.75) is 26.0 Å². The molecule has 0 radical (unpaired) electrons. The number of anilines is 1. The van der Waals surface area contributed by atoms with E-state index in [0.29, 0.717) is 0 Å². The highest BCUT2D eigenvalue weighted by Gasteiger charge is 2.50. The molecule has 1 aliphatic heterocycles. The Morgan fingerprint density at radius 1 is 1.11 bits per heavy atom. The van der Waals surface area contributed by atoms with Gasteiger partial charge in [-0.15, -0.1) is 0 Å². The summed E-state index contributed by atoms with van der Waals surface area (Å²) in [6.07, 6.45) is 3.49. The zero-order valence-corrected chi connectivity index (χ0v) is 15.7. The van der Waals surface area contributed by atoms with Gasteiger partial charge in [-0.3, -0.25) is 9.59 Å². The van der Waals surface area contributed by atoms with Gasteiger partial charge in [-0.1, -0.05) is 42.5 Å². The normalized spacial score (nSPS) is 20.3. The molecule has 0 spiro atoms. The van der Waals surface area contributed by atoms with Crippen molar-refractivity contribution < 1.29 is 19.1 Å². The molecule has 0 unspecified atom stereocenters. The molecule has 1 amide bonds. The average Bonchev–Trinajstić information content (AvgIpc) is 2.65. The molecule has 1 heterocycles. The van der Waals surface area contributed by atoms with Crippen LogP contribution in [0.3, 0.4) is 0 Å². The maximum Gasteiger partial charge on any atom is 0.302 e. The Labute approximate surface area is 159 Å². The summed E-state index contributed by atoms with van der Waals surface area (Å²) in [6.45, 7) is 3.12. The maximum atomic E-state index is 12.8. The SMILES string of the molecule is COc1ccc(N2C(=O)[C@@H]([C@@H](C)OC(C)=O)[C@H]2/C=C/c2ccccc2)cc1. The van der Waals surface area contributed by atoms with E-state index in [0.717, 1.165) is 17.0 Å². The van der Waals surface area contributed by atoms with Gasteiger partial charge in [0, 0.05) is 12.6 Å². The molecule has 0 N–H and O–H groups in total. The highest BCUT2D eigenvalue weighted by Crippen LogP contribution is 2.37. The molecule has 2 aromatic carbocycles. The number of carbonyl (C=O) groups is 2. The zero-order chi connectivity index (χ0) is 19.4. The largest absolute Gasteiger partial charge is 0.497 e. The quantitative estimate of drug-likeness (QED) is 0.579. The molecule has 0 saturated carbocycles. The van der Waals surface area contributed by atoms with Gasteiger partial charge in [0.2, 0.25) is 5.91 Å². The zero-order valence-electron chi connectivity index (χ0n) is 15.7. The maximum absolute atomic E-state index is 12.8. The number of rotatable bonds is 6. The molecule has 27 heavy (non-hydrogen) atoms. The minimum atomic E-state index is -0.491. The first-order chi connectivity index (χ1) is 13.0. The number of nitrogens with zero attached hydrogens (tertiary/aromatic N) is 1. The standard InChI is InChI=1S/C22H23NO4/c1-15(27-16(2)24)21-20(14-9-17-7-5-4-6-8-17)23(22(21)25)18-10-12-19(26-3)13-11-18/h4-15,20-21H,1-3H3/b14-9+/t15-,20-,21+/m1/s1. The number of β-lactam (4-membered cyclic amide) rings is 1. The Morgan fingerprint density at radius 2 is 1.78 bits per heavy atom. The third-order valence-corrected chi connectivity index (χ3v) is 4.68. The highest BCUT2D eigenvalue weighted by atomic mass is 16.5. The number of carbonyl (C=O) groups excluding carboxylic acids is 2. The van der Waals surface area contributed by atoms with Crippen LogP contribution in [0.25, 0.3) is 6.08 Å². The first-order valence-corrected chi connectivity index (χ1v) is 8.89. The molecule has 1 aliphatic rings. The summed E-state index contributed by atoms with van der Waals surface area (Å²) in [7, 11) is 1.60. The molecule has 2 aromatic rings. The summed E-state index contributed by atoms with van der Waals surface area (Å²) < 4.78 is 10.5. The van der Waals surface area contributed by atoms with Gasteiger partial charge in [-0.05, 0) is 36.8 Å². The highest BCUT2D eigenvalue weighted by molar-refractivity contribution is 6.04. The molecule has 1 saturated heterocycles. The van der Waals surface area contributed by atoms with Gasteiger partial charge in [0.05, 0.1) is 19.1 Å². The Morgan fingerprint density at radius 3 is 2.37 bits per heavy atom. The third-order valence-electron chi connectivity index (χ3n) is 4.68. The summed E-state index contributed by atoms with van der Waals surface area (Å²) in [5.74, 6) is -0.121. The van der Waals surface area contributed by atoms with E-state index in [9.17, 15) is 9.59 Å². The molecular formula is C22H23NO4. The molecule has 1 fully saturated rings. The van der Waals surface area contributed by atoms with Gasteiger partial charge in [-0.25, -0.2) is 0 Å². The lowest BCUT2D eigenvalue weighted by molar-refractivity contribution is -0.153. The van der Waals surface area contributed by atoms with Crippen LogP contribution in [0, 0.1) is 5.92 Å². The Hall–Kier alpha value is -3.08. The fraction of sp³-hybridized carbons (Fsp3) is 0.273. The Balaban J connectivity index is 1.87. The van der Waals surface area contributed by atoms with Crippen molar-refractivity contribution in [3.05, 3.63) is 66.2 Å². The molecular weight excluding hydrogens is 342 g/mol. The fourth-order valence-electron chi connectivity index (χ4n) is 3.37. The summed E-state index contributed by atoms with van der Waals surface area (Å²) in [6, 6.07) is 17.0. The molecule has 140 valence electrons. The van der Waals surface area contributed by atoms with Crippen LogP contribution < -0.4 is 9.64 Å². The number of hydrogen-bond acceptors (Lipinski definition) is 4. The van der Waals surface area contributed by atoms with E-state index < -0.39 is 12.0 Å². The van der Waals surface area contributed by atoms with E-state index in [1.165, 1.54) is 6.92 Å². The number of esters is 1. The minimum absolute atomic E-state index is 0.0587. The summed E-state index contributed by atoms with van der Waals surface area (Å²) in [4.78, 5) is 25.9. The van der Waals surface area contributed by atoms with Crippen LogP contribution in [-0.4, -0.2) is 31.1 Å². The topological polar surface area (TPSA) is 55.8 Å². The van der Waals surface area contributed by atoms with Crippen LogP contribution >= 0.6 is 0 Å². The van der Waals surface area contributed by atoms with Gasteiger partial charge in [-0.2, -0.15) is 0 Å². The number of benzene rings is 2. The first kappa shape index (κ1) is 18.7. The summed E-state index contributed by atoms with van der Waals surface area (Å²) in [5.41, 5.74) is 1.83. The molecule has 0 aliphatic carbocycles. The Kier molecular flexibility index (Phi) is 5.60. The van der Waals surface area contributed by atoms with Crippen LogP contribution in [0.4, 0.5) is 5.69 Å².